The highest BCUT2D eigenvalue weighted by Crippen LogP contribution is 2.31. The third kappa shape index (κ3) is 3.54. The van der Waals surface area contributed by atoms with Crippen LogP contribution in [0.2, 0.25) is 0 Å². The summed E-state index contributed by atoms with van der Waals surface area (Å²) < 4.78 is 19.3. The first-order valence-electron chi connectivity index (χ1n) is 8.04. The van der Waals surface area contributed by atoms with E-state index in [4.69, 9.17) is 4.74 Å². The van der Waals surface area contributed by atoms with Crippen LogP contribution in [0.25, 0.3) is 0 Å². The Morgan fingerprint density at radius 3 is 2.78 bits per heavy atom. The van der Waals surface area contributed by atoms with E-state index in [2.05, 4.69) is 11.9 Å². The Balaban J connectivity index is 1.69. The number of carbonyl (C=O) groups excluding carboxylic acids is 1. The number of aliphatic hydroxyl groups excluding tert-OH is 1. The summed E-state index contributed by atoms with van der Waals surface area (Å²) in [5.41, 5.74) is -0.0128. The van der Waals surface area contributed by atoms with Crippen LogP contribution in [0.5, 0.6) is 0 Å². The number of rotatable bonds is 2. The lowest BCUT2D eigenvalue weighted by atomic mass is 9.89. The number of halogens is 1. The second-order valence-corrected chi connectivity index (χ2v) is 6.55. The molecule has 1 atom stereocenters. The molecule has 0 aliphatic carbocycles. The van der Waals surface area contributed by atoms with Crippen molar-refractivity contribution in [1.82, 2.24) is 9.80 Å². The molecule has 1 aromatic rings. The van der Waals surface area contributed by atoms with Gasteiger partial charge in [-0.15, -0.1) is 0 Å². The van der Waals surface area contributed by atoms with Gasteiger partial charge in [-0.1, -0.05) is 12.1 Å². The Labute approximate surface area is 135 Å². The fraction of sp³-hybridized carbons (Fsp3) is 0.588. The highest BCUT2D eigenvalue weighted by molar-refractivity contribution is 5.82. The van der Waals surface area contributed by atoms with Gasteiger partial charge < -0.3 is 19.6 Å². The van der Waals surface area contributed by atoms with Crippen molar-refractivity contribution in [3.63, 3.8) is 0 Å². The van der Waals surface area contributed by atoms with Gasteiger partial charge in [-0.2, -0.15) is 0 Å². The number of amides is 1. The molecule has 2 fully saturated rings. The largest absolute Gasteiger partial charge is 0.378 e. The molecular weight excluding hydrogens is 299 g/mol. The number of hydrogen-bond donors (Lipinski definition) is 1. The molecule has 1 unspecified atom stereocenters. The number of carbonyl (C=O) groups is 1. The van der Waals surface area contributed by atoms with Crippen molar-refractivity contribution in [2.75, 3.05) is 39.8 Å². The Kier molecular flexibility index (Phi) is 4.66. The van der Waals surface area contributed by atoms with Crippen molar-refractivity contribution >= 4 is 5.91 Å². The van der Waals surface area contributed by atoms with Crippen molar-refractivity contribution in [2.24, 2.45) is 0 Å². The molecule has 3 rings (SSSR count). The predicted octanol–water partition coefficient (Wildman–Crippen LogP) is 1.18. The molecule has 1 amide bonds. The normalized spacial score (nSPS) is 23.0. The first-order chi connectivity index (χ1) is 11.0. The van der Waals surface area contributed by atoms with E-state index >= 15 is 0 Å². The zero-order valence-corrected chi connectivity index (χ0v) is 13.4. The maximum absolute atomic E-state index is 13.3. The molecule has 2 heterocycles. The van der Waals surface area contributed by atoms with Crippen LogP contribution in [0.15, 0.2) is 24.3 Å². The number of nitrogens with zero attached hydrogens (tertiary/aromatic N) is 2. The van der Waals surface area contributed by atoms with Crippen LogP contribution >= 0.6 is 0 Å². The van der Waals surface area contributed by atoms with Crippen molar-refractivity contribution in [3.8, 4) is 0 Å². The van der Waals surface area contributed by atoms with Gasteiger partial charge >= 0.3 is 0 Å². The number of likely N-dealkylation sites (tertiary alicyclic amines) is 1. The van der Waals surface area contributed by atoms with Crippen LogP contribution in [0.3, 0.4) is 0 Å². The second kappa shape index (κ2) is 6.55. The van der Waals surface area contributed by atoms with Gasteiger partial charge in [0, 0.05) is 26.2 Å². The third-order valence-electron chi connectivity index (χ3n) is 4.86. The molecule has 0 radical (unpaired) electrons. The third-order valence-corrected chi connectivity index (χ3v) is 4.86. The van der Waals surface area contributed by atoms with Gasteiger partial charge in [0.2, 0.25) is 0 Å². The molecular formula is C17H23FN2O3. The van der Waals surface area contributed by atoms with E-state index in [0.29, 0.717) is 25.3 Å². The number of morpholine rings is 1. The van der Waals surface area contributed by atoms with Crippen molar-refractivity contribution < 1.29 is 19.0 Å². The van der Waals surface area contributed by atoms with Crippen LogP contribution in [0.4, 0.5) is 4.39 Å². The molecule has 2 aliphatic rings. The van der Waals surface area contributed by atoms with E-state index in [-0.39, 0.29) is 11.5 Å². The van der Waals surface area contributed by atoms with Crippen LogP contribution in [0, 0.1) is 5.82 Å². The van der Waals surface area contributed by atoms with E-state index in [1.165, 1.54) is 18.2 Å². The SMILES string of the molecule is CN1CCC2(CC1)CN(C(=O)C(O)c1cccc(F)c1)CCO2. The quantitative estimate of drug-likeness (QED) is 0.888. The van der Waals surface area contributed by atoms with E-state index in [1.807, 2.05) is 0 Å². The van der Waals surface area contributed by atoms with Gasteiger partial charge in [-0.05, 0) is 37.6 Å². The number of piperidine rings is 1. The van der Waals surface area contributed by atoms with Crippen molar-refractivity contribution in [2.45, 2.75) is 24.5 Å². The second-order valence-electron chi connectivity index (χ2n) is 6.55. The molecule has 126 valence electrons. The predicted molar refractivity (Wildman–Crippen MR) is 83.4 cm³/mol. The maximum Gasteiger partial charge on any atom is 0.256 e. The summed E-state index contributed by atoms with van der Waals surface area (Å²) in [7, 11) is 2.08. The van der Waals surface area contributed by atoms with E-state index in [9.17, 15) is 14.3 Å². The molecule has 5 nitrogen and oxygen atoms in total. The summed E-state index contributed by atoms with van der Waals surface area (Å²) in [5, 5.41) is 10.3. The molecule has 0 saturated carbocycles. The summed E-state index contributed by atoms with van der Waals surface area (Å²) >= 11 is 0. The van der Waals surface area contributed by atoms with E-state index in [0.717, 1.165) is 25.9 Å². The van der Waals surface area contributed by atoms with Gasteiger partial charge in [0.05, 0.1) is 12.2 Å². The van der Waals surface area contributed by atoms with Crippen molar-refractivity contribution in [3.05, 3.63) is 35.6 Å². The first kappa shape index (κ1) is 16.4. The van der Waals surface area contributed by atoms with Gasteiger partial charge in [0.25, 0.3) is 5.91 Å². The van der Waals surface area contributed by atoms with Gasteiger partial charge in [-0.25, -0.2) is 4.39 Å². The Morgan fingerprint density at radius 2 is 2.09 bits per heavy atom. The van der Waals surface area contributed by atoms with E-state index in [1.54, 1.807) is 11.0 Å². The molecule has 0 bridgehead atoms. The summed E-state index contributed by atoms with van der Waals surface area (Å²) in [6.45, 7) is 3.31. The van der Waals surface area contributed by atoms with Gasteiger partial charge in [0.1, 0.15) is 5.82 Å². The standard InChI is InChI=1S/C17H23FN2O3/c1-19-7-5-17(6-8-19)12-20(9-10-23-17)16(22)15(21)13-3-2-4-14(18)11-13/h2-4,11,15,21H,5-10,12H2,1H3. The van der Waals surface area contributed by atoms with E-state index < -0.39 is 11.9 Å². The molecule has 1 aromatic carbocycles. The van der Waals surface area contributed by atoms with Crippen LogP contribution in [0.1, 0.15) is 24.5 Å². The molecule has 2 aliphatic heterocycles. The maximum atomic E-state index is 13.3. The smallest absolute Gasteiger partial charge is 0.256 e. The van der Waals surface area contributed by atoms with Crippen LogP contribution in [-0.4, -0.2) is 66.2 Å². The minimum Gasteiger partial charge on any atom is -0.378 e. The molecule has 1 N–H and O–H groups in total. The zero-order chi connectivity index (χ0) is 16.4. The summed E-state index contributed by atoms with van der Waals surface area (Å²) in [6.07, 6.45) is 0.430. The average molecular weight is 322 g/mol. The number of benzene rings is 1. The molecule has 23 heavy (non-hydrogen) atoms. The van der Waals surface area contributed by atoms with Crippen LogP contribution < -0.4 is 0 Å². The number of aliphatic hydroxyl groups is 1. The van der Waals surface area contributed by atoms with Crippen LogP contribution in [-0.2, 0) is 9.53 Å². The average Bonchev–Trinajstić information content (AvgIpc) is 2.57. The summed E-state index contributed by atoms with van der Waals surface area (Å²) in [5.74, 6) is -0.833. The van der Waals surface area contributed by atoms with Gasteiger partial charge in [0.15, 0.2) is 6.10 Å². The Hall–Kier alpha value is -1.50. The topological polar surface area (TPSA) is 53.0 Å². The highest BCUT2D eigenvalue weighted by Gasteiger charge is 2.41. The lowest BCUT2D eigenvalue weighted by Gasteiger charge is -2.47. The molecule has 0 aromatic heterocycles. The minimum atomic E-state index is -1.33. The Morgan fingerprint density at radius 1 is 1.35 bits per heavy atom. The number of hydrogen-bond acceptors (Lipinski definition) is 4. The Bertz CT molecular complexity index is 573. The van der Waals surface area contributed by atoms with Crippen molar-refractivity contribution in [1.29, 1.82) is 0 Å². The lowest BCUT2D eigenvalue weighted by Crippen LogP contribution is -2.58. The summed E-state index contributed by atoms with van der Waals surface area (Å²) in [4.78, 5) is 16.5. The fourth-order valence-corrected chi connectivity index (χ4v) is 3.35. The summed E-state index contributed by atoms with van der Waals surface area (Å²) in [6, 6.07) is 5.56. The lowest BCUT2D eigenvalue weighted by molar-refractivity contribution is -0.165. The first-order valence-corrected chi connectivity index (χ1v) is 8.04. The molecule has 2 saturated heterocycles. The molecule has 1 spiro atoms. The minimum absolute atomic E-state index is 0.291. The fourth-order valence-electron chi connectivity index (χ4n) is 3.35. The molecule has 6 heteroatoms. The highest BCUT2D eigenvalue weighted by atomic mass is 19.1. The number of ether oxygens (including phenoxy) is 1. The monoisotopic (exact) mass is 322 g/mol. The zero-order valence-electron chi connectivity index (χ0n) is 13.4. The van der Waals surface area contributed by atoms with Gasteiger partial charge in [-0.3, -0.25) is 4.79 Å².